The van der Waals surface area contributed by atoms with Gasteiger partial charge in [-0.3, -0.25) is 4.79 Å². The van der Waals surface area contributed by atoms with Gasteiger partial charge in [-0.05, 0) is 24.6 Å². The van der Waals surface area contributed by atoms with Crippen molar-refractivity contribution in [2.45, 2.75) is 19.4 Å². The molecule has 0 bridgehead atoms. The van der Waals surface area contributed by atoms with E-state index in [0.29, 0.717) is 26.1 Å². The maximum atomic E-state index is 11.7. The van der Waals surface area contributed by atoms with Gasteiger partial charge in [0.15, 0.2) is 0 Å². The summed E-state index contributed by atoms with van der Waals surface area (Å²) in [5.74, 6) is 0.849. The number of ether oxygens (including phenoxy) is 1. The van der Waals surface area contributed by atoms with Crippen LogP contribution in [0.4, 0.5) is 0 Å². The molecule has 3 N–H and O–H groups in total. The molecule has 1 aliphatic rings. The number of rotatable bonds is 6. The van der Waals surface area contributed by atoms with E-state index in [1.165, 1.54) is 0 Å². The Balaban J connectivity index is 1.63. The molecule has 20 heavy (non-hydrogen) atoms. The highest BCUT2D eigenvalue weighted by Gasteiger charge is 2.24. The van der Waals surface area contributed by atoms with Crippen molar-refractivity contribution in [3.05, 3.63) is 29.8 Å². The van der Waals surface area contributed by atoms with Crippen LogP contribution in [0, 0.1) is 12.8 Å². The molecule has 1 amide bonds. The third-order valence-electron chi connectivity index (χ3n) is 3.45. The first-order valence-electron chi connectivity index (χ1n) is 7.00. The first-order valence-corrected chi connectivity index (χ1v) is 7.00. The van der Waals surface area contributed by atoms with E-state index in [0.717, 1.165) is 17.9 Å². The van der Waals surface area contributed by atoms with Crippen LogP contribution >= 0.6 is 0 Å². The van der Waals surface area contributed by atoms with E-state index < -0.39 is 0 Å². The fourth-order valence-electron chi connectivity index (χ4n) is 2.23. The van der Waals surface area contributed by atoms with E-state index in [4.69, 9.17) is 4.74 Å². The fourth-order valence-corrected chi connectivity index (χ4v) is 2.23. The van der Waals surface area contributed by atoms with Crippen LogP contribution in [0.1, 0.15) is 12.0 Å². The standard InChI is InChI=1S/C15H22N2O3/c1-11-3-2-4-13(7-11)20-6-5-15(19)17-9-12-8-16-10-14(12)18/h2-4,7,12,14,16,18H,5-6,8-10H2,1H3,(H,17,19). The molecule has 1 fully saturated rings. The molecule has 2 unspecified atom stereocenters. The number of hydrogen-bond acceptors (Lipinski definition) is 4. The quantitative estimate of drug-likeness (QED) is 0.707. The van der Waals surface area contributed by atoms with Crippen LogP contribution in [0.2, 0.25) is 0 Å². The van der Waals surface area contributed by atoms with Crippen LogP contribution in [0.5, 0.6) is 5.75 Å². The Labute approximate surface area is 119 Å². The van der Waals surface area contributed by atoms with Crippen molar-refractivity contribution in [2.24, 2.45) is 5.92 Å². The van der Waals surface area contributed by atoms with E-state index in [2.05, 4.69) is 10.6 Å². The Morgan fingerprint density at radius 1 is 1.50 bits per heavy atom. The highest BCUT2D eigenvalue weighted by molar-refractivity contribution is 5.76. The first-order chi connectivity index (χ1) is 9.65. The molecule has 0 saturated carbocycles. The summed E-state index contributed by atoms with van der Waals surface area (Å²) in [5, 5.41) is 15.5. The molecule has 1 aromatic rings. The molecular formula is C15H22N2O3. The molecular weight excluding hydrogens is 256 g/mol. The van der Waals surface area contributed by atoms with Crippen molar-refractivity contribution in [1.82, 2.24) is 10.6 Å². The van der Waals surface area contributed by atoms with Gasteiger partial charge in [-0.1, -0.05) is 12.1 Å². The Morgan fingerprint density at radius 2 is 2.35 bits per heavy atom. The van der Waals surface area contributed by atoms with Crippen LogP contribution in [0.3, 0.4) is 0 Å². The van der Waals surface area contributed by atoms with Gasteiger partial charge in [0.05, 0.1) is 19.1 Å². The van der Waals surface area contributed by atoms with Crippen LogP contribution in [0.25, 0.3) is 0 Å². The van der Waals surface area contributed by atoms with Crippen molar-refractivity contribution < 1.29 is 14.6 Å². The molecule has 1 aliphatic heterocycles. The molecule has 5 heteroatoms. The Morgan fingerprint density at radius 3 is 3.05 bits per heavy atom. The molecule has 1 saturated heterocycles. The van der Waals surface area contributed by atoms with Crippen molar-refractivity contribution in [2.75, 3.05) is 26.2 Å². The second kappa shape index (κ2) is 7.26. The molecule has 2 rings (SSSR count). The number of nitrogens with one attached hydrogen (secondary N) is 2. The predicted octanol–water partition coefficient (Wildman–Crippen LogP) is 0.460. The van der Waals surface area contributed by atoms with E-state index in [1.807, 2.05) is 31.2 Å². The monoisotopic (exact) mass is 278 g/mol. The summed E-state index contributed by atoms with van der Waals surface area (Å²) in [4.78, 5) is 11.7. The zero-order valence-corrected chi connectivity index (χ0v) is 11.8. The van der Waals surface area contributed by atoms with E-state index in [-0.39, 0.29) is 17.9 Å². The molecule has 0 aromatic heterocycles. The summed E-state index contributed by atoms with van der Waals surface area (Å²) in [6.07, 6.45) is -0.0386. The smallest absolute Gasteiger partial charge is 0.223 e. The molecule has 110 valence electrons. The van der Waals surface area contributed by atoms with Gasteiger partial charge in [0.25, 0.3) is 0 Å². The van der Waals surface area contributed by atoms with Crippen LogP contribution in [-0.2, 0) is 4.79 Å². The number of β-amino-alcohol motifs (C(OH)–C–C–N with tert-alkyl or cyclic N) is 1. The lowest BCUT2D eigenvalue weighted by atomic mass is 10.1. The minimum atomic E-state index is -0.362. The Kier molecular flexibility index (Phi) is 5.38. The lowest BCUT2D eigenvalue weighted by molar-refractivity contribution is -0.121. The molecule has 0 aliphatic carbocycles. The van der Waals surface area contributed by atoms with Gasteiger partial charge in [0.1, 0.15) is 5.75 Å². The van der Waals surface area contributed by atoms with Crippen molar-refractivity contribution in [1.29, 1.82) is 0 Å². The third kappa shape index (κ3) is 4.51. The summed E-state index contributed by atoms with van der Waals surface area (Å²) in [6.45, 7) is 4.23. The third-order valence-corrected chi connectivity index (χ3v) is 3.45. The van der Waals surface area contributed by atoms with Crippen LogP contribution < -0.4 is 15.4 Å². The SMILES string of the molecule is Cc1cccc(OCCC(=O)NCC2CNCC2O)c1. The maximum Gasteiger partial charge on any atom is 0.223 e. The summed E-state index contributed by atoms with van der Waals surface area (Å²) in [7, 11) is 0. The number of carbonyl (C=O) groups is 1. The number of aliphatic hydroxyl groups is 1. The predicted molar refractivity (Wildman–Crippen MR) is 76.7 cm³/mol. The van der Waals surface area contributed by atoms with Gasteiger partial charge in [0, 0.05) is 25.6 Å². The van der Waals surface area contributed by atoms with Crippen molar-refractivity contribution in [3.8, 4) is 5.75 Å². The molecule has 5 nitrogen and oxygen atoms in total. The first kappa shape index (κ1) is 14.8. The van der Waals surface area contributed by atoms with Gasteiger partial charge in [-0.25, -0.2) is 0 Å². The average molecular weight is 278 g/mol. The Bertz CT molecular complexity index is 450. The van der Waals surface area contributed by atoms with Crippen molar-refractivity contribution in [3.63, 3.8) is 0 Å². The van der Waals surface area contributed by atoms with Crippen molar-refractivity contribution >= 4 is 5.91 Å². The second-order valence-electron chi connectivity index (χ2n) is 5.20. The number of amides is 1. The summed E-state index contributed by atoms with van der Waals surface area (Å²) in [6, 6.07) is 7.75. The lowest BCUT2D eigenvalue weighted by Gasteiger charge is -2.14. The topological polar surface area (TPSA) is 70.6 Å². The number of carbonyl (C=O) groups excluding carboxylic acids is 1. The molecule has 0 radical (unpaired) electrons. The molecule has 1 heterocycles. The number of aliphatic hydroxyl groups excluding tert-OH is 1. The molecule has 1 aromatic carbocycles. The minimum absolute atomic E-state index is 0.0447. The maximum absolute atomic E-state index is 11.7. The highest BCUT2D eigenvalue weighted by atomic mass is 16.5. The van der Waals surface area contributed by atoms with E-state index >= 15 is 0 Å². The zero-order valence-electron chi connectivity index (χ0n) is 11.8. The normalized spacial score (nSPS) is 21.7. The number of hydrogen-bond donors (Lipinski definition) is 3. The van der Waals surface area contributed by atoms with Crippen LogP contribution in [-0.4, -0.2) is 43.4 Å². The fraction of sp³-hybridized carbons (Fsp3) is 0.533. The minimum Gasteiger partial charge on any atom is -0.493 e. The number of benzene rings is 1. The molecule has 2 atom stereocenters. The highest BCUT2D eigenvalue weighted by Crippen LogP contribution is 2.12. The summed E-state index contributed by atoms with van der Waals surface area (Å²) >= 11 is 0. The largest absolute Gasteiger partial charge is 0.493 e. The van der Waals surface area contributed by atoms with E-state index in [9.17, 15) is 9.90 Å². The summed E-state index contributed by atoms with van der Waals surface area (Å²) in [5.41, 5.74) is 1.13. The Hall–Kier alpha value is -1.59. The zero-order chi connectivity index (χ0) is 14.4. The van der Waals surface area contributed by atoms with E-state index in [1.54, 1.807) is 0 Å². The average Bonchev–Trinajstić information content (AvgIpc) is 2.82. The lowest BCUT2D eigenvalue weighted by Crippen LogP contribution is -2.34. The van der Waals surface area contributed by atoms with Gasteiger partial charge < -0.3 is 20.5 Å². The number of aryl methyl sites for hydroxylation is 1. The second-order valence-corrected chi connectivity index (χ2v) is 5.20. The van der Waals surface area contributed by atoms with Gasteiger partial charge in [-0.2, -0.15) is 0 Å². The van der Waals surface area contributed by atoms with Gasteiger partial charge >= 0.3 is 0 Å². The summed E-state index contributed by atoms with van der Waals surface area (Å²) < 4.78 is 5.53. The van der Waals surface area contributed by atoms with Crippen LogP contribution in [0.15, 0.2) is 24.3 Å². The van der Waals surface area contributed by atoms with Gasteiger partial charge in [-0.15, -0.1) is 0 Å². The van der Waals surface area contributed by atoms with Gasteiger partial charge in [0.2, 0.25) is 5.91 Å². The molecule has 0 spiro atoms.